The van der Waals surface area contributed by atoms with Crippen LogP contribution in [0.2, 0.25) is 0 Å². The summed E-state index contributed by atoms with van der Waals surface area (Å²) in [6, 6.07) is 32.6. The van der Waals surface area contributed by atoms with Gasteiger partial charge in [-0.25, -0.2) is 0 Å². The third kappa shape index (κ3) is 5.00. The number of hydrogen-bond donors (Lipinski definition) is 0. The number of amides is 1. The van der Waals surface area contributed by atoms with Crippen LogP contribution in [0.4, 0.5) is 5.69 Å². The lowest BCUT2D eigenvalue weighted by Crippen LogP contribution is -2.57. The Morgan fingerprint density at radius 2 is 1.46 bits per heavy atom. The van der Waals surface area contributed by atoms with Gasteiger partial charge in [-0.1, -0.05) is 78.9 Å². The van der Waals surface area contributed by atoms with Crippen LogP contribution >= 0.6 is 0 Å². The van der Waals surface area contributed by atoms with Crippen LogP contribution in [0.25, 0.3) is 0 Å². The van der Waals surface area contributed by atoms with E-state index in [4.69, 9.17) is 4.74 Å². The number of ether oxygens (including phenoxy) is 1. The van der Waals surface area contributed by atoms with E-state index in [2.05, 4.69) is 15.9 Å². The molecule has 200 valence electrons. The van der Waals surface area contributed by atoms with Gasteiger partial charge in [0.1, 0.15) is 17.5 Å². The highest BCUT2D eigenvalue weighted by Crippen LogP contribution is 2.40. The van der Waals surface area contributed by atoms with Gasteiger partial charge >= 0.3 is 5.97 Å². The minimum atomic E-state index is -0.756. The van der Waals surface area contributed by atoms with Gasteiger partial charge in [0.2, 0.25) is 0 Å². The van der Waals surface area contributed by atoms with E-state index in [0.717, 1.165) is 36.4 Å². The molecule has 0 saturated carbocycles. The quantitative estimate of drug-likeness (QED) is 0.413. The summed E-state index contributed by atoms with van der Waals surface area (Å²) < 4.78 is 4.86. The first-order chi connectivity index (χ1) is 19.0. The van der Waals surface area contributed by atoms with Crippen LogP contribution in [0.3, 0.4) is 0 Å². The molecule has 2 fully saturated rings. The van der Waals surface area contributed by atoms with Crippen molar-refractivity contribution in [3.8, 4) is 6.07 Å². The van der Waals surface area contributed by atoms with E-state index in [-0.39, 0.29) is 12.5 Å². The van der Waals surface area contributed by atoms with Crippen molar-refractivity contribution < 1.29 is 14.3 Å². The molecule has 2 aliphatic heterocycles. The van der Waals surface area contributed by atoms with Gasteiger partial charge in [0.15, 0.2) is 0 Å². The Balaban J connectivity index is 1.35. The van der Waals surface area contributed by atoms with Crippen molar-refractivity contribution >= 4 is 17.6 Å². The molecule has 0 unspecified atom stereocenters. The second-order valence-electron chi connectivity index (χ2n) is 10.4. The highest BCUT2D eigenvalue weighted by molar-refractivity contribution is 5.95. The molecule has 1 amide bonds. The zero-order valence-corrected chi connectivity index (χ0v) is 22.3. The number of carbonyl (C=O) groups excluding carboxylic acids is 2. The SMILES string of the molecule is COC(=O)CN1CN(c2ccccc2)C2(CCN(CCC(C#N)(c3ccccc3)c3ccccc3)CC2)C1=O. The number of esters is 1. The maximum absolute atomic E-state index is 13.8. The average molecular weight is 523 g/mol. The smallest absolute Gasteiger partial charge is 0.325 e. The molecule has 2 aliphatic rings. The fraction of sp³-hybridized carbons (Fsp3) is 0.344. The molecule has 7 heteroatoms. The minimum absolute atomic E-state index is 0.0173. The second-order valence-corrected chi connectivity index (χ2v) is 10.4. The maximum Gasteiger partial charge on any atom is 0.325 e. The molecule has 2 saturated heterocycles. The molecule has 0 atom stereocenters. The lowest BCUT2D eigenvalue weighted by atomic mass is 9.73. The molecule has 0 aromatic heterocycles. The summed E-state index contributed by atoms with van der Waals surface area (Å²) in [6.45, 7) is 2.50. The molecule has 3 aromatic rings. The number of methoxy groups -OCH3 is 1. The molecule has 0 radical (unpaired) electrons. The topological polar surface area (TPSA) is 76.9 Å². The van der Waals surface area contributed by atoms with Crippen LogP contribution in [0.5, 0.6) is 0 Å². The molecule has 2 heterocycles. The molecule has 7 nitrogen and oxygen atoms in total. The number of para-hydroxylation sites is 1. The number of likely N-dealkylation sites (tertiary alicyclic amines) is 1. The number of piperidine rings is 1. The first-order valence-electron chi connectivity index (χ1n) is 13.5. The predicted molar refractivity (Wildman–Crippen MR) is 150 cm³/mol. The lowest BCUT2D eigenvalue weighted by Gasteiger charge is -2.44. The van der Waals surface area contributed by atoms with E-state index in [1.807, 2.05) is 91.0 Å². The van der Waals surface area contributed by atoms with Crippen molar-refractivity contribution in [3.05, 3.63) is 102 Å². The Morgan fingerprint density at radius 1 is 0.923 bits per heavy atom. The van der Waals surface area contributed by atoms with Crippen LogP contribution in [0.1, 0.15) is 30.4 Å². The van der Waals surface area contributed by atoms with Gasteiger partial charge in [0, 0.05) is 25.3 Å². The number of nitriles is 1. The standard InChI is InChI=1S/C32H34N4O3/c1-39-29(37)23-35-25-36(28-15-9-4-10-16-28)32(30(35)38)18-21-34(22-19-32)20-17-31(24-33,26-11-5-2-6-12-26)27-13-7-3-8-14-27/h2-16H,17-23,25H2,1H3. The molecule has 0 aliphatic carbocycles. The molecule has 1 spiro atoms. The average Bonchev–Trinajstić information content (AvgIpc) is 3.26. The summed E-state index contributed by atoms with van der Waals surface area (Å²) in [5.41, 5.74) is 1.51. The highest BCUT2D eigenvalue weighted by atomic mass is 16.5. The number of hydrogen-bond acceptors (Lipinski definition) is 6. The molecule has 3 aromatic carbocycles. The van der Waals surface area contributed by atoms with Crippen molar-refractivity contribution in [2.45, 2.75) is 30.2 Å². The maximum atomic E-state index is 13.8. The summed E-state index contributed by atoms with van der Waals surface area (Å²) in [7, 11) is 1.35. The fourth-order valence-electron chi connectivity index (χ4n) is 6.10. The minimum Gasteiger partial charge on any atom is -0.468 e. The van der Waals surface area contributed by atoms with E-state index in [0.29, 0.717) is 25.9 Å². The fourth-order valence-corrected chi connectivity index (χ4v) is 6.10. The molecular weight excluding hydrogens is 488 g/mol. The van der Waals surface area contributed by atoms with Crippen LogP contribution in [-0.4, -0.2) is 67.2 Å². The van der Waals surface area contributed by atoms with Crippen LogP contribution in [-0.2, 0) is 19.7 Å². The first kappa shape index (κ1) is 26.5. The van der Waals surface area contributed by atoms with Crippen LogP contribution in [0, 0.1) is 11.3 Å². The van der Waals surface area contributed by atoms with E-state index in [1.54, 1.807) is 4.90 Å². The number of benzene rings is 3. The van der Waals surface area contributed by atoms with Gasteiger partial charge < -0.3 is 19.4 Å². The Morgan fingerprint density at radius 3 is 1.97 bits per heavy atom. The number of rotatable bonds is 8. The molecule has 5 rings (SSSR count). The second kappa shape index (κ2) is 11.3. The van der Waals surface area contributed by atoms with E-state index in [1.165, 1.54) is 7.11 Å². The summed E-state index contributed by atoms with van der Waals surface area (Å²) in [5, 5.41) is 10.5. The van der Waals surface area contributed by atoms with Crippen molar-refractivity contribution in [3.63, 3.8) is 0 Å². The van der Waals surface area contributed by atoms with Crippen molar-refractivity contribution in [1.82, 2.24) is 9.80 Å². The first-order valence-corrected chi connectivity index (χ1v) is 13.5. The third-order valence-electron chi connectivity index (χ3n) is 8.34. The zero-order chi connectivity index (χ0) is 27.3. The molecular formula is C32H34N4O3. The number of carbonyl (C=O) groups is 2. The summed E-state index contributed by atoms with van der Waals surface area (Å²) in [5.74, 6) is -0.433. The molecule has 0 N–H and O–H groups in total. The van der Waals surface area contributed by atoms with Crippen LogP contribution < -0.4 is 4.90 Å². The normalized spacial score (nSPS) is 17.3. The highest BCUT2D eigenvalue weighted by Gasteiger charge is 2.54. The lowest BCUT2D eigenvalue weighted by molar-refractivity contribution is -0.146. The van der Waals surface area contributed by atoms with Gasteiger partial charge in [-0.3, -0.25) is 9.59 Å². The van der Waals surface area contributed by atoms with Gasteiger partial charge in [-0.05, 0) is 42.5 Å². The summed E-state index contributed by atoms with van der Waals surface area (Å²) >= 11 is 0. The predicted octanol–water partition coefficient (Wildman–Crippen LogP) is 4.20. The van der Waals surface area contributed by atoms with Gasteiger partial charge in [0.25, 0.3) is 5.91 Å². The van der Waals surface area contributed by atoms with E-state index in [9.17, 15) is 14.9 Å². The molecule has 0 bridgehead atoms. The van der Waals surface area contributed by atoms with Crippen molar-refractivity contribution in [1.29, 1.82) is 5.26 Å². The van der Waals surface area contributed by atoms with E-state index < -0.39 is 16.9 Å². The summed E-state index contributed by atoms with van der Waals surface area (Å²) in [4.78, 5) is 32.0. The zero-order valence-electron chi connectivity index (χ0n) is 22.3. The Bertz CT molecular complexity index is 1280. The van der Waals surface area contributed by atoms with Crippen LogP contribution in [0.15, 0.2) is 91.0 Å². The van der Waals surface area contributed by atoms with Gasteiger partial charge in [-0.15, -0.1) is 0 Å². The van der Waals surface area contributed by atoms with E-state index >= 15 is 0 Å². The third-order valence-corrected chi connectivity index (χ3v) is 8.34. The van der Waals surface area contributed by atoms with Gasteiger partial charge in [-0.2, -0.15) is 5.26 Å². The van der Waals surface area contributed by atoms with Gasteiger partial charge in [0.05, 0.1) is 19.8 Å². The molecule has 39 heavy (non-hydrogen) atoms. The van der Waals surface area contributed by atoms with Crippen molar-refractivity contribution in [2.24, 2.45) is 0 Å². The Kier molecular flexibility index (Phi) is 7.67. The Hall–Kier alpha value is -4.15. The van der Waals surface area contributed by atoms with Crippen molar-refractivity contribution in [2.75, 3.05) is 44.9 Å². The number of anilines is 1. The monoisotopic (exact) mass is 522 g/mol. The summed E-state index contributed by atoms with van der Waals surface area (Å²) in [6.07, 6.45) is 1.94. The number of nitrogens with zero attached hydrogens (tertiary/aromatic N) is 4. The largest absolute Gasteiger partial charge is 0.468 e. The Labute approximate surface area is 230 Å².